The first-order valence-corrected chi connectivity index (χ1v) is 9.75. The minimum atomic E-state index is -0.487. The molecule has 2 atom stereocenters. The molecule has 0 amide bonds. The maximum absolute atomic E-state index is 11.8. The predicted molar refractivity (Wildman–Crippen MR) is 111 cm³/mol. The fraction of sp³-hybridized carbons (Fsp3) is 0.783. The number of carbonyl (C=O) groups excluding carboxylic acids is 1. The molecule has 0 aromatic carbocycles. The van der Waals surface area contributed by atoms with Gasteiger partial charge in [0.05, 0.1) is 6.10 Å². The summed E-state index contributed by atoms with van der Waals surface area (Å²) in [7, 11) is 0. The van der Waals surface area contributed by atoms with Crippen molar-refractivity contribution in [2.24, 2.45) is 16.7 Å². The summed E-state index contributed by atoms with van der Waals surface area (Å²) in [6, 6.07) is 0. The summed E-state index contributed by atoms with van der Waals surface area (Å²) in [6.45, 7) is 25.5. The van der Waals surface area contributed by atoms with E-state index < -0.39 is 5.60 Å². The molecule has 0 saturated heterocycles. The van der Waals surface area contributed by atoms with Gasteiger partial charge in [0.1, 0.15) is 12.2 Å². The van der Waals surface area contributed by atoms with E-state index in [9.17, 15) is 4.79 Å². The lowest BCUT2D eigenvalue weighted by molar-refractivity contribution is -0.161. The van der Waals surface area contributed by atoms with E-state index in [0.717, 1.165) is 18.4 Å². The summed E-state index contributed by atoms with van der Waals surface area (Å²) >= 11 is 0. The van der Waals surface area contributed by atoms with Crippen LogP contribution in [0, 0.1) is 16.7 Å². The Morgan fingerprint density at radius 2 is 1.58 bits per heavy atom. The van der Waals surface area contributed by atoms with Crippen molar-refractivity contribution in [3.05, 3.63) is 24.3 Å². The Morgan fingerprint density at radius 3 is 1.96 bits per heavy atom. The maximum atomic E-state index is 11.8. The van der Waals surface area contributed by atoms with Gasteiger partial charge in [-0.25, -0.2) is 4.79 Å². The Balaban J connectivity index is 4.89. The molecule has 0 spiro atoms. The summed E-state index contributed by atoms with van der Waals surface area (Å²) in [6.07, 6.45) is 5.86. The highest BCUT2D eigenvalue weighted by atomic mass is 16.6. The summed E-state index contributed by atoms with van der Waals surface area (Å²) in [4.78, 5) is 11.8. The molecule has 3 nitrogen and oxygen atoms in total. The zero-order chi connectivity index (χ0) is 20.8. The van der Waals surface area contributed by atoms with Crippen molar-refractivity contribution < 1.29 is 14.3 Å². The molecule has 0 bridgehead atoms. The van der Waals surface area contributed by atoms with Crippen molar-refractivity contribution in [3.63, 3.8) is 0 Å². The third kappa shape index (κ3) is 11.5. The lowest BCUT2D eigenvalue weighted by Crippen LogP contribution is -2.28. The Morgan fingerprint density at radius 1 is 1.04 bits per heavy atom. The van der Waals surface area contributed by atoms with Crippen molar-refractivity contribution in [1.29, 1.82) is 0 Å². The molecule has 0 radical (unpaired) electrons. The van der Waals surface area contributed by atoms with Gasteiger partial charge in [-0.2, -0.15) is 0 Å². The van der Waals surface area contributed by atoms with E-state index in [0.29, 0.717) is 5.92 Å². The number of allylic oxidation sites excluding steroid dienone is 2. The Kier molecular flexibility index (Phi) is 9.32. The van der Waals surface area contributed by atoms with E-state index in [2.05, 4.69) is 54.2 Å². The first kappa shape index (κ1) is 24.9. The van der Waals surface area contributed by atoms with Gasteiger partial charge in [-0.3, -0.25) is 0 Å². The van der Waals surface area contributed by atoms with Crippen molar-refractivity contribution in [2.45, 2.75) is 93.8 Å². The summed E-state index contributed by atoms with van der Waals surface area (Å²) < 4.78 is 11.0. The normalized spacial score (nSPS) is 15.8. The highest BCUT2D eigenvalue weighted by molar-refractivity contribution is 5.71. The molecule has 0 saturated carbocycles. The minimum absolute atomic E-state index is 0.0305. The first-order valence-electron chi connectivity index (χ1n) is 9.75. The molecule has 0 aliphatic carbocycles. The van der Waals surface area contributed by atoms with Gasteiger partial charge in [0.15, 0.2) is 0 Å². The van der Waals surface area contributed by atoms with Gasteiger partial charge in [-0.15, -0.1) is 0 Å². The third-order valence-corrected chi connectivity index (χ3v) is 4.07. The van der Waals surface area contributed by atoms with Crippen LogP contribution in [0.4, 0.5) is 0 Å². The number of esters is 1. The molecule has 0 fully saturated rings. The Labute approximate surface area is 162 Å². The number of carbonyl (C=O) groups is 1. The average molecular weight is 367 g/mol. The van der Waals surface area contributed by atoms with E-state index >= 15 is 0 Å². The zero-order valence-corrected chi connectivity index (χ0v) is 18.9. The van der Waals surface area contributed by atoms with E-state index in [-0.39, 0.29) is 29.5 Å². The quantitative estimate of drug-likeness (QED) is 0.372. The lowest BCUT2D eigenvalue weighted by Gasteiger charge is -2.36. The van der Waals surface area contributed by atoms with Crippen molar-refractivity contribution >= 4 is 5.97 Å². The monoisotopic (exact) mass is 366 g/mol. The second-order valence-corrected chi connectivity index (χ2v) is 10.5. The predicted octanol–water partition coefficient (Wildman–Crippen LogP) is 6.33. The van der Waals surface area contributed by atoms with E-state index in [1.807, 2.05) is 33.8 Å². The summed E-state index contributed by atoms with van der Waals surface area (Å²) in [5.41, 5.74) is 1.02. The Bertz CT molecular complexity index is 481. The van der Waals surface area contributed by atoms with Gasteiger partial charge in [0, 0.05) is 0 Å². The molecule has 152 valence electrons. The van der Waals surface area contributed by atoms with Crippen molar-refractivity contribution in [3.8, 4) is 0 Å². The fourth-order valence-electron chi connectivity index (χ4n) is 2.81. The van der Waals surface area contributed by atoms with Crippen LogP contribution < -0.4 is 0 Å². The molecule has 26 heavy (non-hydrogen) atoms. The molecule has 0 rings (SSSR count). The van der Waals surface area contributed by atoms with Gasteiger partial charge in [-0.1, -0.05) is 72.8 Å². The number of ether oxygens (including phenoxy) is 2. The molecule has 3 heteroatoms. The number of hydrogen-bond donors (Lipinski definition) is 0. The van der Waals surface area contributed by atoms with Crippen LogP contribution in [-0.2, 0) is 14.3 Å². The van der Waals surface area contributed by atoms with Crippen LogP contribution in [0.1, 0.15) is 82.1 Å². The molecule has 0 aromatic rings. The van der Waals surface area contributed by atoms with E-state index in [4.69, 9.17) is 9.47 Å². The van der Waals surface area contributed by atoms with Crippen LogP contribution in [-0.4, -0.2) is 24.3 Å². The zero-order valence-electron chi connectivity index (χ0n) is 18.9. The largest absolute Gasteiger partial charge is 0.458 e. The van der Waals surface area contributed by atoms with Gasteiger partial charge in [0.25, 0.3) is 0 Å². The van der Waals surface area contributed by atoms with Crippen LogP contribution in [0.2, 0.25) is 0 Å². The lowest BCUT2D eigenvalue weighted by atomic mass is 9.69. The summed E-state index contributed by atoms with van der Waals surface area (Å²) in [5.74, 6) is 0.0607. The molecular weight excluding hydrogens is 324 g/mol. The first-order chi connectivity index (χ1) is 11.5. The molecule has 0 N–H and O–H groups in total. The van der Waals surface area contributed by atoms with Gasteiger partial charge >= 0.3 is 5.97 Å². The Hall–Kier alpha value is -1.09. The number of hydrogen-bond acceptors (Lipinski definition) is 3. The average Bonchev–Trinajstić information content (AvgIpc) is 2.40. The topological polar surface area (TPSA) is 35.5 Å². The van der Waals surface area contributed by atoms with Crippen LogP contribution in [0.15, 0.2) is 24.3 Å². The highest BCUT2D eigenvalue weighted by Gasteiger charge is 2.30. The van der Waals surface area contributed by atoms with E-state index in [1.165, 1.54) is 0 Å². The van der Waals surface area contributed by atoms with Crippen LogP contribution in [0.3, 0.4) is 0 Å². The molecule has 0 aliphatic heterocycles. The SMILES string of the molecule is C=C(C=CC(CC)OCC(=O)OC(C)(C)C)C(CC(C)(C)C)C(C)(C)C. The minimum Gasteiger partial charge on any atom is -0.458 e. The fourth-order valence-corrected chi connectivity index (χ4v) is 2.81. The maximum Gasteiger partial charge on any atom is 0.332 e. The van der Waals surface area contributed by atoms with Crippen LogP contribution >= 0.6 is 0 Å². The van der Waals surface area contributed by atoms with Crippen LogP contribution in [0.25, 0.3) is 0 Å². The van der Waals surface area contributed by atoms with Crippen molar-refractivity contribution in [2.75, 3.05) is 6.61 Å². The van der Waals surface area contributed by atoms with Gasteiger partial charge in [0.2, 0.25) is 0 Å². The smallest absolute Gasteiger partial charge is 0.332 e. The van der Waals surface area contributed by atoms with E-state index in [1.54, 1.807) is 0 Å². The van der Waals surface area contributed by atoms with Gasteiger partial charge in [-0.05, 0) is 50.4 Å². The second kappa shape index (κ2) is 9.73. The standard InChI is InChI=1S/C23H42O3/c1-12-18(25-16-20(24)26-23(9,10)11)14-13-17(2)19(22(6,7)8)15-21(3,4)5/h13-14,18-19H,2,12,15-16H2,1,3-11H3. The highest BCUT2D eigenvalue weighted by Crippen LogP contribution is 2.40. The summed E-state index contributed by atoms with van der Waals surface area (Å²) in [5, 5.41) is 0. The van der Waals surface area contributed by atoms with Crippen LogP contribution in [0.5, 0.6) is 0 Å². The molecule has 0 aliphatic rings. The van der Waals surface area contributed by atoms with Gasteiger partial charge < -0.3 is 9.47 Å². The molecular formula is C23H42O3. The second-order valence-electron chi connectivity index (χ2n) is 10.5. The number of rotatable bonds is 8. The molecule has 2 unspecified atom stereocenters. The third-order valence-electron chi connectivity index (χ3n) is 4.07. The van der Waals surface area contributed by atoms with Crippen molar-refractivity contribution in [1.82, 2.24) is 0 Å². The molecule has 0 aromatic heterocycles. The molecule has 0 heterocycles.